The van der Waals surface area contributed by atoms with Gasteiger partial charge < -0.3 is 9.42 Å². The molecule has 2 aromatic rings. The van der Waals surface area contributed by atoms with Crippen LogP contribution in [-0.4, -0.2) is 34.0 Å². The summed E-state index contributed by atoms with van der Waals surface area (Å²) < 4.78 is 19.2. The number of aromatic nitrogens is 2. The van der Waals surface area contributed by atoms with E-state index in [1.54, 1.807) is 19.1 Å². The van der Waals surface area contributed by atoms with Gasteiger partial charge in [-0.25, -0.2) is 4.39 Å². The van der Waals surface area contributed by atoms with Crippen LogP contribution in [0.2, 0.25) is 0 Å². The molecule has 0 radical (unpaired) electrons. The van der Waals surface area contributed by atoms with E-state index in [0.29, 0.717) is 23.8 Å². The highest BCUT2D eigenvalue weighted by atomic mass is 19.1. The zero-order chi connectivity index (χ0) is 16.7. The summed E-state index contributed by atoms with van der Waals surface area (Å²) >= 11 is 0. The highest BCUT2D eigenvalue weighted by Gasteiger charge is 2.47. The number of nitrogens with zero attached hydrogens (tertiary/aromatic N) is 3. The second-order valence-corrected chi connectivity index (χ2v) is 6.77. The van der Waals surface area contributed by atoms with Gasteiger partial charge >= 0.3 is 0 Å². The predicted molar refractivity (Wildman–Crippen MR) is 84.8 cm³/mol. The molecule has 1 amide bonds. The molecule has 2 fully saturated rings. The fourth-order valence-corrected chi connectivity index (χ4v) is 3.68. The molecule has 24 heavy (non-hydrogen) atoms. The lowest BCUT2D eigenvalue weighted by atomic mass is 9.97. The summed E-state index contributed by atoms with van der Waals surface area (Å²) in [6.07, 6.45) is 2.61. The highest BCUT2D eigenvalue weighted by Crippen LogP contribution is 2.49. The van der Waals surface area contributed by atoms with Crippen molar-refractivity contribution in [2.45, 2.75) is 38.0 Å². The number of piperidine rings is 1. The number of carbonyl (C=O) groups is 1. The Morgan fingerprint density at radius 2 is 2.21 bits per heavy atom. The summed E-state index contributed by atoms with van der Waals surface area (Å²) in [7, 11) is 0. The first-order valence-electron chi connectivity index (χ1n) is 8.47. The van der Waals surface area contributed by atoms with E-state index in [1.165, 1.54) is 6.07 Å². The van der Waals surface area contributed by atoms with Gasteiger partial charge in [-0.15, -0.1) is 0 Å². The van der Waals surface area contributed by atoms with Crippen LogP contribution in [0, 0.1) is 18.7 Å². The molecule has 1 aromatic carbocycles. The Bertz CT molecular complexity index is 760. The van der Waals surface area contributed by atoms with E-state index >= 15 is 0 Å². The molecule has 0 bridgehead atoms. The molecular weight excluding hydrogens is 309 g/mol. The van der Waals surface area contributed by atoms with Crippen LogP contribution in [0.25, 0.3) is 0 Å². The number of hydrogen-bond donors (Lipinski definition) is 0. The quantitative estimate of drug-likeness (QED) is 0.868. The van der Waals surface area contributed by atoms with Crippen molar-refractivity contribution < 1.29 is 13.7 Å². The summed E-state index contributed by atoms with van der Waals surface area (Å²) in [6, 6.07) is 6.75. The first-order valence-corrected chi connectivity index (χ1v) is 8.47. The monoisotopic (exact) mass is 329 g/mol. The molecule has 126 valence electrons. The van der Waals surface area contributed by atoms with E-state index in [2.05, 4.69) is 10.1 Å². The lowest BCUT2D eigenvalue weighted by molar-refractivity contribution is -0.134. The molecule has 1 saturated carbocycles. The van der Waals surface area contributed by atoms with Crippen LogP contribution in [0.1, 0.15) is 48.4 Å². The van der Waals surface area contributed by atoms with E-state index in [1.807, 2.05) is 11.0 Å². The van der Waals surface area contributed by atoms with E-state index < -0.39 is 0 Å². The zero-order valence-electron chi connectivity index (χ0n) is 13.6. The summed E-state index contributed by atoms with van der Waals surface area (Å²) in [6.45, 7) is 3.16. The Morgan fingerprint density at radius 1 is 1.38 bits per heavy atom. The van der Waals surface area contributed by atoms with Gasteiger partial charge in [-0.1, -0.05) is 23.4 Å². The maximum atomic E-state index is 13.9. The molecule has 1 aliphatic heterocycles. The van der Waals surface area contributed by atoms with Crippen molar-refractivity contribution in [3.8, 4) is 0 Å². The lowest BCUT2D eigenvalue weighted by Gasteiger charge is -2.31. The Labute approximate surface area is 139 Å². The van der Waals surface area contributed by atoms with Crippen molar-refractivity contribution >= 4 is 5.91 Å². The maximum Gasteiger partial charge on any atom is 0.231 e. The minimum absolute atomic E-state index is 0.0183. The fraction of sp³-hybridized carbons (Fsp3) is 0.500. The average molecular weight is 329 g/mol. The van der Waals surface area contributed by atoms with Crippen molar-refractivity contribution in [3.05, 3.63) is 47.4 Å². The van der Waals surface area contributed by atoms with E-state index in [0.717, 1.165) is 25.8 Å². The molecular formula is C18H20FN3O2. The predicted octanol–water partition coefficient (Wildman–Crippen LogP) is 3.03. The molecule has 2 heterocycles. The molecule has 2 aliphatic rings. The van der Waals surface area contributed by atoms with Crippen LogP contribution in [0.4, 0.5) is 4.39 Å². The smallest absolute Gasteiger partial charge is 0.231 e. The van der Waals surface area contributed by atoms with Gasteiger partial charge in [0.1, 0.15) is 5.82 Å². The van der Waals surface area contributed by atoms with Gasteiger partial charge in [-0.3, -0.25) is 4.79 Å². The normalized spacial score (nSPS) is 26.4. The van der Waals surface area contributed by atoms with Gasteiger partial charge in [0, 0.05) is 19.0 Å². The first-order chi connectivity index (χ1) is 11.6. The number of benzene rings is 1. The minimum atomic E-state index is -0.212. The average Bonchev–Trinajstić information content (AvgIpc) is 3.27. The van der Waals surface area contributed by atoms with Crippen molar-refractivity contribution in [3.63, 3.8) is 0 Å². The molecule has 0 spiro atoms. The third kappa shape index (κ3) is 2.81. The summed E-state index contributed by atoms with van der Waals surface area (Å²) in [5.41, 5.74) is 0.664. The van der Waals surface area contributed by atoms with Gasteiger partial charge in [-0.2, -0.15) is 4.98 Å². The summed E-state index contributed by atoms with van der Waals surface area (Å²) in [5, 5.41) is 3.84. The third-order valence-corrected chi connectivity index (χ3v) is 5.04. The molecule has 5 nitrogen and oxygen atoms in total. The minimum Gasteiger partial charge on any atom is -0.342 e. The highest BCUT2D eigenvalue weighted by molar-refractivity contribution is 5.83. The molecule has 1 saturated heterocycles. The molecule has 0 unspecified atom stereocenters. The van der Waals surface area contributed by atoms with Gasteiger partial charge in [0.25, 0.3) is 0 Å². The van der Waals surface area contributed by atoms with Crippen molar-refractivity contribution in [2.75, 3.05) is 13.1 Å². The fourth-order valence-electron chi connectivity index (χ4n) is 3.68. The van der Waals surface area contributed by atoms with Crippen LogP contribution < -0.4 is 0 Å². The summed E-state index contributed by atoms with van der Waals surface area (Å²) in [5.74, 6) is 1.19. The molecule has 0 N–H and O–H groups in total. The van der Waals surface area contributed by atoms with Gasteiger partial charge in [-0.05, 0) is 43.7 Å². The van der Waals surface area contributed by atoms with Crippen LogP contribution in [0.5, 0.6) is 0 Å². The Hall–Kier alpha value is -2.24. The maximum absolute atomic E-state index is 13.9. The van der Waals surface area contributed by atoms with E-state index in [9.17, 15) is 9.18 Å². The Kier molecular flexibility index (Phi) is 3.82. The topological polar surface area (TPSA) is 59.2 Å². The number of aryl methyl sites for hydroxylation is 1. The van der Waals surface area contributed by atoms with E-state index in [4.69, 9.17) is 4.52 Å². The van der Waals surface area contributed by atoms with Crippen molar-refractivity contribution in [2.24, 2.45) is 5.92 Å². The standard InChI is InChI=1S/C18H20FN3O2/c1-11-20-17(24-21-11)12-5-4-8-22(10-12)18(23)15-9-14(15)13-6-2-3-7-16(13)19/h2-3,6-7,12,14-15H,4-5,8-10H2,1H3/t12-,14-,15+/m1/s1. The Morgan fingerprint density at radius 3 is 2.96 bits per heavy atom. The van der Waals surface area contributed by atoms with Gasteiger partial charge in [0.15, 0.2) is 5.82 Å². The molecule has 4 rings (SSSR count). The van der Waals surface area contributed by atoms with E-state index in [-0.39, 0.29) is 29.5 Å². The molecule has 1 aliphatic carbocycles. The third-order valence-electron chi connectivity index (χ3n) is 5.04. The molecule has 1 aromatic heterocycles. The van der Waals surface area contributed by atoms with Crippen LogP contribution in [-0.2, 0) is 4.79 Å². The largest absolute Gasteiger partial charge is 0.342 e. The number of amides is 1. The van der Waals surface area contributed by atoms with Crippen LogP contribution in [0.3, 0.4) is 0 Å². The number of hydrogen-bond acceptors (Lipinski definition) is 4. The number of rotatable bonds is 3. The number of halogens is 1. The van der Waals surface area contributed by atoms with Crippen molar-refractivity contribution in [1.82, 2.24) is 15.0 Å². The second kappa shape index (κ2) is 6.00. The van der Waals surface area contributed by atoms with Crippen molar-refractivity contribution in [1.29, 1.82) is 0 Å². The Balaban J connectivity index is 1.43. The second-order valence-electron chi connectivity index (χ2n) is 6.77. The number of likely N-dealkylation sites (tertiary alicyclic amines) is 1. The molecule has 3 atom stereocenters. The lowest BCUT2D eigenvalue weighted by Crippen LogP contribution is -2.40. The van der Waals surface area contributed by atoms with Gasteiger partial charge in [0.2, 0.25) is 11.8 Å². The molecule has 6 heteroatoms. The summed E-state index contributed by atoms with van der Waals surface area (Å²) in [4.78, 5) is 19.0. The first kappa shape index (κ1) is 15.3. The van der Waals surface area contributed by atoms with Crippen LogP contribution >= 0.6 is 0 Å². The van der Waals surface area contributed by atoms with Crippen LogP contribution in [0.15, 0.2) is 28.8 Å². The number of carbonyl (C=O) groups excluding carboxylic acids is 1. The van der Waals surface area contributed by atoms with Gasteiger partial charge in [0.05, 0.1) is 5.92 Å². The SMILES string of the molecule is Cc1noc([C@@H]2CCCN(C(=O)[C@H]3C[C@@H]3c3ccccc3F)C2)n1. The zero-order valence-corrected chi connectivity index (χ0v) is 13.6.